The first-order valence-electron chi connectivity index (χ1n) is 12.0. The van der Waals surface area contributed by atoms with Gasteiger partial charge in [-0.2, -0.15) is 0 Å². The van der Waals surface area contributed by atoms with E-state index in [0.717, 1.165) is 55.8 Å². The summed E-state index contributed by atoms with van der Waals surface area (Å²) in [6, 6.07) is 6.14. The van der Waals surface area contributed by atoms with Gasteiger partial charge in [0.1, 0.15) is 0 Å². The van der Waals surface area contributed by atoms with Crippen molar-refractivity contribution in [2.75, 3.05) is 39.6 Å². The molecule has 8 heteroatoms. The van der Waals surface area contributed by atoms with Crippen LogP contribution in [0.5, 0.6) is 11.5 Å². The fourth-order valence-electron chi connectivity index (χ4n) is 5.37. The van der Waals surface area contributed by atoms with Gasteiger partial charge in [0.15, 0.2) is 11.5 Å². The van der Waals surface area contributed by atoms with Crippen molar-refractivity contribution in [2.24, 2.45) is 0 Å². The van der Waals surface area contributed by atoms with E-state index in [1.54, 1.807) is 0 Å². The van der Waals surface area contributed by atoms with E-state index in [2.05, 4.69) is 4.90 Å². The van der Waals surface area contributed by atoms with E-state index in [0.29, 0.717) is 32.7 Å². The number of hydrogen-bond acceptors (Lipinski definition) is 7. The van der Waals surface area contributed by atoms with Crippen LogP contribution in [-0.4, -0.2) is 84.8 Å². The summed E-state index contributed by atoms with van der Waals surface area (Å²) in [5.74, 6) is 1.76. The lowest BCUT2D eigenvalue weighted by molar-refractivity contribution is -0.161. The van der Waals surface area contributed by atoms with Crippen LogP contribution in [0.25, 0.3) is 0 Å². The third-order valence-electron chi connectivity index (χ3n) is 7.02. The molecule has 5 rings (SSSR count). The molecule has 1 aromatic rings. The van der Waals surface area contributed by atoms with Gasteiger partial charge in [0.25, 0.3) is 0 Å². The third kappa shape index (κ3) is 5.03. The molecule has 0 aromatic heterocycles. The minimum absolute atomic E-state index is 0.0639. The topological polar surface area (TPSA) is 80.7 Å². The zero-order chi connectivity index (χ0) is 21.9. The van der Waals surface area contributed by atoms with Crippen molar-refractivity contribution in [3.8, 4) is 11.5 Å². The monoisotopic (exact) mass is 446 g/mol. The van der Waals surface area contributed by atoms with E-state index < -0.39 is 6.10 Å². The average molecular weight is 447 g/mol. The second-order valence-electron chi connectivity index (χ2n) is 9.40. The van der Waals surface area contributed by atoms with E-state index in [1.807, 2.05) is 23.1 Å². The van der Waals surface area contributed by atoms with Crippen LogP contribution < -0.4 is 9.47 Å². The number of benzene rings is 1. The molecular formula is C24H34N2O6. The number of fused-ring (bicyclic) bond motifs is 2. The molecule has 8 nitrogen and oxygen atoms in total. The Kier molecular flexibility index (Phi) is 6.83. The minimum Gasteiger partial charge on any atom is -0.454 e. The normalized spacial score (nSPS) is 31.0. The second-order valence-corrected chi connectivity index (χ2v) is 9.40. The molecule has 0 radical (unpaired) electrons. The molecule has 4 aliphatic heterocycles. The molecule has 176 valence electrons. The van der Waals surface area contributed by atoms with Gasteiger partial charge in [-0.1, -0.05) is 6.07 Å². The number of β-amino-alcohol motifs (C(OH)–C–C–N with tert-alkyl or cyclic N) is 1. The lowest BCUT2D eigenvalue weighted by Gasteiger charge is -2.44. The summed E-state index contributed by atoms with van der Waals surface area (Å²) >= 11 is 0. The maximum Gasteiger partial charge on any atom is 0.231 e. The fraction of sp³-hybridized carbons (Fsp3) is 0.708. The number of carbonyl (C=O) groups excluding carboxylic acids is 1. The van der Waals surface area contributed by atoms with Crippen molar-refractivity contribution in [3.63, 3.8) is 0 Å². The Morgan fingerprint density at radius 3 is 2.78 bits per heavy atom. The van der Waals surface area contributed by atoms with Crippen LogP contribution in [0.4, 0.5) is 0 Å². The molecule has 0 saturated carbocycles. The molecule has 3 saturated heterocycles. The smallest absolute Gasteiger partial charge is 0.231 e. The predicted octanol–water partition coefficient (Wildman–Crippen LogP) is 1.93. The summed E-state index contributed by atoms with van der Waals surface area (Å²) in [7, 11) is 0. The minimum atomic E-state index is -0.539. The molecule has 0 aliphatic carbocycles. The highest BCUT2D eigenvalue weighted by molar-refractivity contribution is 5.76. The molecule has 32 heavy (non-hydrogen) atoms. The average Bonchev–Trinajstić information content (AvgIpc) is 3.26. The number of rotatable bonds is 4. The van der Waals surface area contributed by atoms with Gasteiger partial charge in [-0.25, -0.2) is 0 Å². The Labute approximate surface area is 189 Å². The second kappa shape index (κ2) is 9.95. The van der Waals surface area contributed by atoms with Crippen LogP contribution in [-0.2, 0) is 20.8 Å². The molecular weight excluding hydrogens is 412 g/mol. The molecule has 1 aromatic carbocycles. The van der Waals surface area contributed by atoms with Gasteiger partial charge in [-0.15, -0.1) is 0 Å². The molecule has 4 heterocycles. The Balaban J connectivity index is 1.24. The molecule has 1 N–H and O–H groups in total. The summed E-state index contributed by atoms with van der Waals surface area (Å²) in [5.41, 5.74) is 1.11. The number of piperidine rings is 1. The number of nitrogens with zero attached hydrogens (tertiary/aromatic N) is 2. The summed E-state index contributed by atoms with van der Waals surface area (Å²) in [6.45, 7) is 3.96. The van der Waals surface area contributed by atoms with Crippen molar-refractivity contribution >= 4 is 5.91 Å². The van der Waals surface area contributed by atoms with Crippen molar-refractivity contribution in [1.82, 2.24) is 9.80 Å². The number of hydrogen-bond donors (Lipinski definition) is 1. The van der Waals surface area contributed by atoms with Crippen molar-refractivity contribution in [3.05, 3.63) is 23.8 Å². The highest BCUT2D eigenvalue weighted by Gasteiger charge is 2.38. The molecule has 1 amide bonds. The van der Waals surface area contributed by atoms with E-state index in [9.17, 15) is 9.90 Å². The zero-order valence-corrected chi connectivity index (χ0v) is 18.6. The van der Waals surface area contributed by atoms with Crippen LogP contribution >= 0.6 is 0 Å². The van der Waals surface area contributed by atoms with Crippen LogP contribution in [0.3, 0.4) is 0 Å². The largest absolute Gasteiger partial charge is 0.454 e. The van der Waals surface area contributed by atoms with E-state index in [-0.39, 0.29) is 30.9 Å². The maximum atomic E-state index is 12.7. The highest BCUT2D eigenvalue weighted by atomic mass is 16.7. The molecule has 4 aliphatic rings. The van der Waals surface area contributed by atoms with Gasteiger partial charge in [-0.3, -0.25) is 9.69 Å². The van der Waals surface area contributed by atoms with Crippen molar-refractivity contribution in [2.45, 2.75) is 69.4 Å². The standard InChI is InChI=1S/C24H34N2O6/c27-18-13-26(12-17-4-7-21-22(10-17)31-16-30-21)20-6-5-19(32-23(20)15-29-14-18)11-24(28)25-8-2-1-3-9-25/h4,7,10,18-20,23,27H,1-3,5-6,8-9,11-16H2/t18-,19+,20+,23-/m0/s1. The first-order valence-corrected chi connectivity index (χ1v) is 12.0. The summed E-state index contributed by atoms with van der Waals surface area (Å²) < 4.78 is 23.1. The quantitative estimate of drug-likeness (QED) is 0.757. The molecule has 4 atom stereocenters. The van der Waals surface area contributed by atoms with Gasteiger partial charge >= 0.3 is 0 Å². The number of likely N-dealkylation sites (tertiary alicyclic amines) is 1. The van der Waals surface area contributed by atoms with Gasteiger partial charge in [0.2, 0.25) is 12.7 Å². The van der Waals surface area contributed by atoms with E-state index in [1.165, 1.54) is 6.42 Å². The number of ether oxygens (including phenoxy) is 4. The summed E-state index contributed by atoms with van der Waals surface area (Å²) in [6.07, 6.45) is 4.93. The predicted molar refractivity (Wildman–Crippen MR) is 117 cm³/mol. The number of carbonyl (C=O) groups is 1. The number of aliphatic hydroxyl groups excluding tert-OH is 1. The van der Waals surface area contributed by atoms with E-state index >= 15 is 0 Å². The SMILES string of the molecule is O=C(C[C@H]1CC[C@@H]2[C@H](COC[C@@H](O)CN2Cc2ccc3c(c2)OCO3)O1)N1CCCCC1. The van der Waals surface area contributed by atoms with Crippen molar-refractivity contribution in [1.29, 1.82) is 0 Å². The lowest BCUT2D eigenvalue weighted by atomic mass is 9.94. The summed E-state index contributed by atoms with van der Waals surface area (Å²) in [5, 5.41) is 10.4. The number of amides is 1. The van der Waals surface area contributed by atoms with Gasteiger partial charge in [0, 0.05) is 32.2 Å². The van der Waals surface area contributed by atoms with Crippen LogP contribution in [0.15, 0.2) is 18.2 Å². The van der Waals surface area contributed by atoms with Crippen LogP contribution in [0, 0.1) is 0 Å². The van der Waals surface area contributed by atoms with Crippen LogP contribution in [0.2, 0.25) is 0 Å². The zero-order valence-electron chi connectivity index (χ0n) is 18.6. The summed E-state index contributed by atoms with van der Waals surface area (Å²) in [4.78, 5) is 17.0. The van der Waals surface area contributed by atoms with Crippen LogP contribution in [0.1, 0.15) is 44.1 Å². The molecule has 0 unspecified atom stereocenters. The first kappa shape index (κ1) is 21.9. The number of aliphatic hydroxyl groups is 1. The first-order chi connectivity index (χ1) is 15.7. The fourth-order valence-corrected chi connectivity index (χ4v) is 5.37. The third-order valence-corrected chi connectivity index (χ3v) is 7.02. The molecule has 3 fully saturated rings. The highest BCUT2D eigenvalue weighted by Crippen LogP contribution is 2.34. The molecule has 0 bridgehead atoms. The van der Waals surface area contributed by atoms with Gasteiger partial charge < -0.3 is 29.0 Å². The van der Waals surface area contributed by atoms with Gasteiger partial charge in [0.05, 0.1) is 37.9 Å². The Morgan fingerprint density at radius 2 is 1.91 bits per heavy atom. The van der Waals surface area contributed by atoms with E-state index in [4.69, 9.17) is 18.9 Å². The van der Waals surface area contributed by atoms with Gasteiger partial charge in [-0.05, 0) is 49.8 Å². The maximum absolute atomic E-state index is 12.7. The van der Waals surface area contributed by atoms with Crippen molar-refractivity contribution < 1.29 is 28.8 Å². The Hall–Kier alpha value is -1.87. The lowest BCUT2D eigenvalue weighted by Crippen LogP contribution is -2.55. The molecule has 0 spiro atoms. The Morgan fingerprint density at radius 1 is 1.06 bits per heavy atom. The Bertz CT molecular complexity index is 799.